The van der Waals surface area contributed by atoms with Crippen LogP contribution < -0.4 is 10.6 Å². The Bertz CT molecular complexity index is 760. The van der Waals surface area contributed by atoms with E-state index in [-0.39, 0.29) is 37.4 Å². The molecular weight excluding hydrogens is 402 g/mol. The number of likely N-dealkylation sites (tertiary alicyclic amines) is 1. The molecule has 9 heteroatoms. The zero-order valence-corrected chi connectivity index (χ0v) is 18.7. The Kier molecular flexibility index (Phi) is 8.67. The molecule has 1 saturated heterocycles. The second-order valence-electron chi connectivity index (χ2n) is 8.49. The molecule has 2 rings (SSSR count). The van der Waals surface area contributed by atoms with Crippen molar-refractivity contribution in [2.45, 2.75) is 46.1 Å². The number of carbonyl (C=O) groups excluding carboxylic acids is 2. The number of nitrogens with two attached hydrogens (primary N) is 1. The molecule has 1 fully saturated rings. The Balaban J connectivity index is 2.01. The van der Waals surface area contributed by atoms with Crippen molar-refractivity contribution in [3.05, 3.63) is 29.8 Å². The van der Waals surface area contributed by atoms with Crippen molar-refractivity contribution in [1.82, 2.24) is 4.90 Å². The molecule has 0 spiro atoms. The number of hydrogen-bond acceptors (Lipinski definition) is 8. The average Bonchev–Trinajstić information content (AvgIpc) is 3.12. The third-order valence-electron chi connectivity index (χ3n) is 4.84. The van der Waals surface area contributed by atoms with E-state index in [4.69, 9.17) is 25.5 Å². The second-order valence-corrected chi connectivity index (χ2v) is 8.49. The van der Waals surface area contributed by atoms with Crippen molar-refractivity contribution >= 4 is 18.0 Å². The van der Waals surface area contributed by atoms with Crippen LogP contribution in [0.15, 0.2) is 24.3 Å². The summed E-state index contributed by atoms with van der Waals surface area (Å²) < 4.78 is 16.3. The van der Waals surface area contributed by atoms with Crippen molar-refractivity contribution in [3.63, 3.8) is 0 Å². The van der Waals surface area contributed by atoms with E-state index in [2.05, 4.69) is 4.84 Å². The summed E-state index contributed by atoms with van der Waals surface area (Å²) in [5.74, 6) is 4.78. The van der Waals surface area contributed by atoms with Gasteiger partial charge < -0.3 is 23.9 Å². The molecule has 1 aliphatic rings. The number of esters is 1. The molecule has 1 heterocycles. The number of benzene rings is 1. The van der Waals surface area contributed by atoms with Crippen LogP contribution in [0.2, 0.25) is 0 Å². The summed E-state index contributed by atoms with van der Waals surface area (Å²) in [6.45, 7) is 8.52. The van der Waals surface area contributed by atoms with Gasteiger partial charge in [0.1, 0.15) is 11.4 Å². The van der Waals surface area contributed by atoms with Crippen LogP contribution in [0.1, 0.15) is 39.7 Å². The number of carbonyl (C=O) groups is 2. The minimum Gasteiger partial charge on any atom is -0.493 e. The van der Waals surface area contributed by atoms with Gasteiger partial charge in [-0.05, 0) is 57.7 Å². The molecule has 1 aromatic carbocycles. The minimum atomic E-state index is -0.598. The molecule has 2 atom stereocenters. The highest BCUT2D eigenvalue weighted by atomic mass is 16.6. The summed E-state index contributed by atoms with van der Waals surface area (Å²) in [6, 6.07) is 7.53. The SMILES string of the molecule is CCOC(=O)[C@H]1CN(C(=O)OC(C)(C)C)C[C@H]1Cc1ccc(OCCC(=N)ON)cc1. The van der Waals surface area contributed by atoms with Gasteiger partial charge in [-0.15, -0.1) is 0 Å². The predicted molar refractivity (Wildman–Crippen MR) is 115 cm³/mol. The summed E-state index contributed by atoms with van der Waals surface area (Å²) in [5.41, 5.74) is 0.426. The zero-order chi connectivity index (χ0) is 23.0. The highest BCUT2D eigenvalue weighted by Gasteiger charge is 2.41. The molecule has 9 nitrogen and oxygen atoms in total. The lowest BCUT2D eigenvalue weighted by atomic mass is 9.90. The smallest absolute Gasteiger partial charge is 0.410 e. The fourth-order valence-corrected chi connectivity index (χ4v) is 3.42. The van der Waals surface area contributed by atoms with E-state index in [0.29, 0.717) is 25.3 Å². The molecule has 1 aliphatic heterocycles. The van der Waals surface area contributed by atoms with Crippen LogP contribution in [0.3, 0.4) is 0 Å². The van der Waals surface area contributed by atoms with Gasteiger partial charge in [-0.2, -0.15) is 5.90 Å². The fraction of sp³-hybridized carbons (Fsp3) is 0.591. The van der Waals surface area contributed by atoms with Crippen molar-refractivity contribution in [3.8, 4) is 5.75 Å². The van der Waals surface area contributed by atoms with Crippen molar-refractivity contribution in [1.29, 1.82) is 5.41 Å². The first kappa shape index (κ1) is 24.5. The molecule has 0 radical (unpaired) electrons. The van der Waals surface area contributed by atoms with Gasteiger partial charge in [0, 0.05) is 13.1 Å². The lowest BCUT2D eigenvalue weighted by Crippen LogP contribution is -2.36. The van der Waals surface area contributed by atoms with E-state index >= 15 is 0 Å². The van der Waals surface area contributed by atoms with Gasteiger partial charge in [0.2, 0.25) is 5.90 Å². The maximum absolute atomic E-state index is 12.5. The maximum Gasteiger partial charge on any atom is 0.410 e. The number of nitrogens with zero attached hydrogens (tertiary/aromatic N) is 1. The van der Waals surface area contributed by atoms with E-state index in [9.17, 15) is 9.59 Å². The molecule has 172 valence electrons. The Hall–Kier alpha value is -2.81. The van der Waals surface area contributed by atoms with Gasteiger partial charge in [-0.1, -0.05) is 12.1 Å². The standard InChI is InChI=1S/C22H33N3O6/c1-5-28-20(26)18-14-25(21(27)30-22(2,3)4)13-16(18)12-15-6-8-17(9-7-15)29-11-10-19(23)31-24/h6-9,16,18,23H,5,10-14,24H2,1-4H3/t16-,18+/m1/s1. The Labute approximate surface area is 183 Å². The summed E-state index contributed by atoms with van der Waals surface area (Å²) in [6.07, 6.45) is 0.483. The lowest BCUT2D eigenvalue weighted by molar-refractivity contribution is -0.148. The second kappa shape index (κ2) is 11.0. The molecule has 31 heavy (non-hydrogen) atoms. The summed E-state index contributed by atoms with van der Waals surface area (Å²) in [5, 5.41) is 7.34. The van der Waals surface area contributed by atoms with Crippen LogP contribution in [-0.2, 0) is 25.5 Å². The van der Waals surface area contributed by atoms with E-state index in [1.807, 2.05) is 45.0 Å². The third-order valence-corrected chi connectivity index (χ3v) is 4.84. The monoisotopic (exact) mass is 435 g/mol. The number of rotatable bonds is 8. The molecular formula is C22H33N3O6. The lowest BCUT2D eigenvalue weighted by Gasteiger charge is -2.24. The van der Waals surface area contributed by atoms with Crippen molar-refractivity contribution in [2.75, 3.05) is 26.3 Å². The normalized spacial score (nSPS) is 18.4. The summed E-state index contributed by atoms with van der Waals surface area (Å²) in [4.78, 5) is 30.9. The van der Waals surface area contributed by atoms with Crippen LogP contribution in [0.4, 0.5) is 4.79 Å². The van der Waals surface area contributed by atoms with Crippen LogP contribution in [0, 0.1) is 17.2 Å². The Morgan fingerprint density at radius 3 is 2.45 bits per heavy atom. The molecule has 1 amide bonds. The molecule has 0 aromatic heterocycles. The Morgan fingerprint density at radius 2 is 1.87 bits per heavy atom. The molecule has 0 bridgehead atoms. The summed E-state index contributed by atoms with van der Waals surface area (Å²) >= 11 is 0. The van der Waals surface area contributed by atoms with Crippen molar-refractivity contribution < 1.29 is 28.6 Å². The predicted octanol–water partition coefficient (Wildman–Crippen LogP) is 2.91. The molecule has 0 saturated carbocycles. The van der Waals surface area contributed by atoms with E-state index < -0.39 is 17.6 Å². The highest BCUT2D eigenvalue weighted by molar-refractivity contribution is 5.76. The zero-order valence-electron chi connectivity index (χ0n) is 18.7. The van der Waals surface area contributed by atoms with Gasteiger partial charge in [-0.25, -0.2) is 4.79 Å². The molecule has 3 N–H and O–H groups in total. The van der Waals surface area contributed by atoms with E-state index in [0.717, 1.165) is 5.56 Å². The van der Waals surface area contributed by atoms with Crippen LogP contribution >= 0.6 is 0 Å². The molecule has 0 aliphatic carbocycles. The maximum atomic E-state index is 12.5. The molecule has 1 aromatic rings. The first-order valence-electron chi connectivity index (χ1n) is 10.4. The van der Waals surface area contributed by atoms with Gasteiger partial charge in [0.15, 0.2) is 0 Å². The Morgan fingerprint density at radius 1 is 1.19 bits per heavy atom. The quantitative estimate of drug-likeness (QED) is 0.278. The average molecular weight is 436 g/mol. The topological polar surface area (TPSA) is 124 Å². The van der Waals surface area contributed by atoms with Crippen LogP contribution in [0.25, 0.3) is 0 Å². The number of nitrogens with one attached hydrogen (secondary N) is 1. The first-order valence-corrected chi connectivity index (χ1v) is 10.4. The van der Waals surface area contributed by atoms with Gasteiger partial charge in [-0.3, -0.25) is 10.2 Å². The number of ether oxygens (including phenoxy) is 3. The number of hydrogen-bond donors (Lipinski definition) is 2. The van der Waals surface area contributed by atoms with Crippen molar-refractivity contribution in [2.24, 2.45) is 17.7 Å². The van der Waals surface area contributed by atoms with Crippen LogP contribution in [-0.4, -0.2) is 54.8 Å². The van der Waals surface area contributed by atoms with Gasteiger partial charge in [0.05, 0.1) is 25.6 Å². The largest absolute Gasteiger partial charge is 0.493 e. The summed E-state index contributed by atoms with van der Waals surface area (Å²) in [7, 11) is 0. The van der Waals surface area contributed by atoms with Gasteiger partial charge >= 0.3 is 12.1 Å². The third kappa shape index (κ3) is 7.75. The van der Waals surface area contributed by atoms with E-state index in [1.54, 1.807) is 11.8 Å². The van der Waals surface area contributed by atoms with Crippen LogP contribution in [0.5, 0.6) is 5.75 Å². The highest BCUT2D eigenvalue weighted by Crippen LogP contribution is 2.30. The van der Waals surface area contributed by atoms with E-state index in [1.165, 1.54) is 0 Å². The number of amides is 1. The molecule has 0 unspecified atom stereocenters. The first-order chi connectivity index (χ1) is 14.6. The minimum absolute atomic E-state index is 0.0441. The fourth-order valence-electron chi connectivity index (χ4n) is 3.42. The van der Waals surface area contributed by atoms with Gasteiger partial charge in [0.25, 0.3) is 0 Å².